The fraction of sp³-hybridized carbons (Fsp3) is 0.917. The first-order valence-corrected chi connectivity index (χ1v) is 6.41. The van der Waals surface area contributed by atoms with Crippen LogP contribution in [0.4, 0.5) is 0 Å². The molecule has 1 fully saturated rings. The topological polar surface area (TPSA) is 84.6 Å². The van der Waals surface area contributed by atoms with Gasteiger partial charge in [-0.15, -0.1) is 0 Å². The molecule has 1 amide bonds. The van der Waals surface area contributed by atoms with E-state index in [4.69, 9.17) is 15.6 Å². The zero-order valence-electron chi connectivity index (χ0n) is 10.5. The molecule has 3 atom stereocenters. The van der Waals surface area contributed by atoms with Crippen molar-refractivity contribution >= 4 is 5.91 Å². The molecule has 0 aromatic rings. The van der Waals surface area contributed by atoms with Gasteiger partial charge < -0.3 is 20.9 Å². The first kappa shape index (κ1) is 14.4. The number of carbonyl (C=O) groups excluding carboxylic acids is 1. The van der Waals surface area contributed by atoms with Crippen molar-refractivity contribution in [3.63, 3.8) is 0 Å². The lowest BCUT2D eigenvalue weighted by Crippen LogP contribution is -2.36. The lowest BCUT2D eigenvalue weighted by atomic mass is 10.1. The Labute approximate surface area is 103 Å². The molecule has 0 radical (unpaired) electrons. The van der Waals surface area contributed by atoms with Crippen LogP contribution in [0.2, 0.25) is 0 Å². The lowest BCUT2D eigenvalue weighted by molar-refractivity contribution is -0.131. The minimum atomic E-state index is -0.321. The lowest BCUT2D eigenvalue weighted by Gasteiger charge is -2.13. The van der Waals surface area contributed by atoms with E-state index in [0.29, 0.717) is 19.0 Å². The third-order valence-corrected chi connectivity index (χ3v) is 3.15. The average molecular weight is 244 g/mol. The Bertz CT molecular complexity index is 236. The van der Waals surface area contributed by atoms with Crippen LogP contribution in [0.5, 0.6) is 0 Å². The van der Waals surface area contributed by atoms with Gasteiger partial charge in [-0.3, -0.25) is 4.79 Å². The Balaban J connectivity index is 2.09. The predicted molar refractivity (Wildman–Crippen MR) is 65.4 cm³/mol. The van der Waals surface area contributed by atoms with E-state index < -0.39 is 0 Å². The van der Waals surface area contributed by atoms with Gasteiger partial charge in [-0.05, 0) is 31.6 Å². The molecule has 1 saturated heterocycles. The van der Waals surface area contributed by atoms with Gasteiger partial charge in [-0.25, -0.2) is 0 Å². The van der Waals surface area contributed by atoms with E-state index >= 15 is 0 Å². The summed E-state index contributed by atoms with van der Waals surface area (Å²) in [6.07, 6.45) is 3.17. The number of nitrogens with one attached hydrogen (secondary N) is 1. The summed E-state index contributed by atoms with van der Waals surface area (Å²) in [5.41, 5.74) is 5.49. The molecule has 0 saturated carbocycles. The minimum absolute atomic E-state index is 0.0300. The summed E-state index contributed by atoms with van der Waals surface area (Å²) in [4.78, 5) is 11.7. The van der Waals surface area contributed by atoms with Crippen molar-refractivity contribution in [1.29, 1.82) is 0 Å². The number of ether oxygens (including phenoxy) is 1. The van der Waals surface area contributed by atoms with Crippen molar-refractivity contribution in [1.82, 2.24) is 5.32 Å². The summed E-state index contributed by atoms with van der Waals surface area (Å²) in [5, 5.41) is 11.7. The zero-order chi connectivity index (χ0) is 12.7. The van der Waals surface area contributed by atoms with E-state index in [1.807, 2.05) is 6.92 Å². The first-order valence-electron chi connectivity index (χ1n) is 6.41. The van der Waals surface area contributed by atoms with Gasteiger partial charge in [-0.1, -0.05) is 6.92 Å². The van der Waals surface area contributed by atoms with Crippen molar-refractivity contribution in [2.45, 2.75) is 44.8 Å². The highest BCUT2D eigenvalue weighted by atomic mass is 16.5. The Morgan fingerprint density at radius 1 is 1.59 bits per heavy atom. The molecule has 1 heterocycles. The van der Waals surface area contributed by atoms with Gasteiger partial charge in [0.2, 0.25) is 5.91 Å². The van der Waals surface area contributed by atoms with E-state index in [9.17, 15) is 4.79 Å². The molecule has 1 rings (SSSR count). The normalized spacial score (nSPS) is 25.8. The van der Waals surface area contributed by atoms with Gasteiger partial charge >= 0.3 is 0 Å². The summed E-state index contributed by atoms with van der Waals surface area (Å²) >= 11 is 0. The van der Waals surface area contributed by atoms with Gasteiger partial charge in [-0.2, -0.15) is 0 Å². The maximum absolute atomic E-state index is 11.7. The molecule has 1 aliphatic rings. The smallest absolute Gasteiger partial charge is 0.249 e. The number of aliphatic hydroxyl groups excluding tert-OH is 1. The zero-order valence-corrected chi connectivity index (χ0v) is 10.5. The number of nitrogens with two attached hydrogens (primary N) is 1. The van der Waals surface area contributed by atoms with Crippen LogP contribution in [0, 0.1) is 5.92 Å². The molecule has 5 nitrogen and oxygen atoms in total. The molecule has 0 spiro atoms. The second-order valence-electron chi connectivity index (χ2n) is 4.78. The minimum Gasteiger partial charge on any atom is -0.396 e. The molecule has 3 unspecified atom stereocenters. The molecule has 5 heteroatoms. The van der Waals surface area contributed by atoms with E-state index in [-0.39, 0.29) is 24.7 Å². The van der Waals surface area contributed by atoms with Crippen LogP contribution in [0.1, 0.15) is 32.6 Å². The van der Waals surface area contributed by atoms with Crippen LogP contribution in [-0.4, -0.2) is 42.9 Å². The molecule has 0 aliphatic carbocycles. The standard InChI is InChI=1S/C12H24N2O3/c1-9(8-15)3-2-6-14-12(16)11-5-4-10(7-13)17-11/h9-11,15H,2-8,13H2,1H3,(H,14,16). The molecule has 0 aromatic heterocycles. The molecule has 4 N–H and O–H groups in total. The number of hydrogen-bond acceptors (Lipinski definition) is 4. The number of aliphatic hydroxyl groups is 1. The summed E-state index contributed by atoms with van der Waals surface area (Å²) < 4.78 is 5.49. The molecule has 17 heavy (non-hydrogen) atoms. The summed E-state index contributed by atoms with van der Waals surface area (Å²) in [7, 11) is 0. The van der Waals surface area contributed by atoms with Crippen LogP contribution in [0.3, 0.4) is 0 Å². The van der Waals surface area contributed by atoms with Gasteiger partial charge in [0.1, 0.15) is 6.10 Å². The Hall–Kier alpha value is -0.650. The first-order chi connectivity index (χ1) is 8.17. The second-order valence-corrected chi connectivity index (χ2v) is 4.78. The van der Waals surface area contributed by atoms with Crippen molar-refractivity contribution in [3.05, 3.63) is 0 Å². The highest BCUT2D eigenvalue weighted by molar-refractivity contribution is 5.80. The van der Waals surface area contributed by atoms with Crippen LogP contribution in [-0.2, 0) is 9.53 Å². The molecule has 100 valence electrons. The highest BCUT2D eigenvalue weighted by Gasteiger charge is 2.29. The molecular weight excluding hydrogens is 220 g/mol. The van der Waals surface area contributed by atoms with Gasteiger partial charge in [0, 0.05) is 19.7 Å². The molecular formula is C12H24N2O3. The Kier molecular flexibility index (Phi) is 6.47. The van der Waals surface area contributed by atoms with Crippen molar-refractivity contribution in [2.75, 3.05) is 19.7 Å². The fourth-order valence-electron chi connectivity index (χ4n) is 1.94. The Morgan fingerprint density at radius 2 is 2.35 bits per heavy atom. The second kappa shape index (κ2) is 7.63. The molecule has 0 aromatic carbocycles. The third-order valence-electron chi connectivity index (χ3n) is 3.15. The van der Waals surface area contributed by atoms with Crippen LogP contribution < -0.4 is 11.1 Å². The van der Waals surface area contributed by atoms with E-state index in [1.165, 1.54) is 0 Å². The van der Waals surface area contributed by atoms with Crippen LogP contribution >= 0.6 is 0 Å². The van der Waals surface area contributed by atoms with Crippen LogP contribution in [0.25, 0.3) is 0 Å². The van der Waals surface area contributed by atoms with Crippen molar-refractivity contribution in [2.24, 2.45) is 11.7 Å². The SMILES string of the molecule is CC(CO)CCCNC(=O)C1CCC(CN)O1. The largest absolute Gasteiger partial charge is 0.396 e. The summed E-state index contributed by atoms with van der Waals surface area (Å²) in [6.45, 7) is 3.33. The number of rotatable bonds is 7. The highest BCUT2D eigenvalue weighted by Crippen LogP contribution is 2.18. The number of carbonyl (C=O) groups is 1. The van der Waals surface area contributed by atoms with Gasteiger partial charge in [0.15, 0.2) is 0 Å². The fourth-order valence-corrected chi connectivity index (χ4v) is 1.94. The third kappa shape index (κ3) is 5.02. The van der Waals surface area contributed by atoms with Gasteiger partial charge in [0.25, 0.3) is 0 Å². The average Bonchev–Trinajstić information content (AvgIpc) is 2.82. The van der Waals surface area contributed by atoms with Crippen molar-refractivity contribution < 1.29 is 14.6 Å². The predicted octanol–water partition coefficient (Wildman–Crippen LogP) is 0.0175. The number of hydrogen-bond donors (Lipinski definition) is 3. The summed E-state index contributed by atoms with van der Waals surface area (Å²) in [5.74, 6) is 0.272. The van der Waals surface area contributed by atoms with E-state index in [0.717, 1.165) is 25.7 Å². The monoisotopic (exact) mass is 244 g/mol. The van der Waals surface area contributed by atoms with E-state index in [2.05, 4.69) is 5.32 Å². The van der Waals surface area contributed by atoms with E-state index in [1.54, 1.807) is 0 Å². The molecule has 1 aliphatic heterocycles. The maximum Gasteiger partial charge on any atom is 0.249 e. The maximum atomic E-state index is 11.7. The Morgan fingerprint density at radius 3 is 2.94 bits per heavy atom. The van der Waals surface area contributed by atoms with Gasteiger partial charge in [0.05, 0.1) is 6.10 Å². The summed E-state index contributed by atoms with van der Waals surface area (Å²) in [6, 6.07) is 0. The quantitative estimate of drug-likeness (QED) is 0.551. The van der Waals surface area contributed by atoms with Crippen molar-refractivity contribution in [3.8, 4) is 0 Å². The number of amides is 1. The molecule has 0 bridgehead atoms. The van der Waals surface area contributed by atoms with Crippen LogP contribution in [0.15, 0.2) is 0 Å².